The van der Waals surface area contributed by atoms with E-state index in [9.17, 15) is 9.59 Å². The number of nitrogens with zero attached hydrogens (tertiary/aromatic N) is 1. The highest BCUT2D eigenvalue weighted by molar-refractivity contribution is 5.74. The van der Waals surface area contributed by atoms with E-state index in [0.717, 1.165) is 0 Å². The van der Waals surface area contributed by atoms with Gasteiger partial charge in [0.1, 0.15) is 0 Å². The number of aliphatic carboxylic acids is 1. The molecule has 5 heteroatoms. The Balaban J connectivity index is 3.78. The van der Waals surface area contributed by atoms with Gasteiger partial charge in [0, 0.05) is 26.6 Å². The summed E-state index contributed by atoms with van der Waals surface area (Å²) in [6, 6.07) is -0.152. The van der Waals surface area contributed by atoms with E-state index in [1.165, 1.54) is 4.90 Å². The Morgan fingerprint density at radius 3 is 2.31 bits per heavy atom. The van der Waals surface area contributed by atoms with Crippen molar-refractivity contribution in [2.45, 2.75) is 33.6 Å². The third kappa shape index (κ3) is 8.08. The maximum Gasteiger partial charge on any atom is 0.317 e. The Morgan fingerprint density at radius 2 is 1.88 bits per heavy atom. The second-order valence-corrected chi connectivity index (χ2v) is 5.14. The lowest BCUT2D eigenvalue weighted by Crippen LogP contribution is -2.41. The van der Waals surface area contributed by atoms with Crippen LogP contribution in [-0.2, 0) is 4.79 Å². The lowest BCUT2D eigenvalue weighted by molar-refractivity contribution is -0.137. The number of rotatable bonds is 5. The molecule has 0 saturated heterocycles. The minimum absolute atomic E-state index is 0.0531. The number of hydrogen-bond donors (Lipinski definition) is 2. The lowest BCUT2D eigenvalue weighted by atomic mass is 9.97. The van der Waals surface area contributed by atoms with Crippen molar-refractivity contribution in [3.8, 4) is 0 Å². The minimum atomic E-state index is -0.830. The Bertz CT molecular complexity index is 246. The fourth-order valence-corrected chi connectivity index (χ4v) is 1.04. The van der Waals surface area contributed by atoms with Crippen molar-refractivity contribution in [2.75, 3.05) is 20.1 Å². The van der Waals surface area contributed by atoms with Crippen molar-refractivity contribution in [1.82, 2.24) is 10.2 Å². The molecule has 0 aromatic carbocycles. The summed E-state index contributed by atoms with van der Waals surface area (Å²) in [7, 11) is 1.67. The Hall–Kier alpha value is -1.26. The molecule has 94 valence electrons. The topological polar surface area (TPSA) is 69.6 Å². The van der Waals surface area contributed by atoms with Crippen molar-refractivity contribution >= 4 is 12.0 Å². The lowest BCUT2D eigenvalue weighted by Gasteiger charge is -2.22. The molecule has 0 aromatic rings. The van der Waals surface area contributed by atoms with Crippen molar-refractivity contribution in [1.29, 1.82) is 0 Å². The molecule has 0 unspecified atom stereocenters. The number of amides is 2. The van der Waals surface area contributed by atoms with E-state index in [2.05, 4.69) is 5.32 Å². The number of nitrogens with one attached hydrogen (secondary N) is 1. The van der Waals surface area contributed by atoms with E-state index < -0.39 is 5.97 Å². The van der Waals surface area contributed by atoms with Gasteiger partial charge in [-0.15, -0.1) is 0 Å². The monoisotopic (exact) mass is 230 g/mol. The minimum Gasteiger partial charge on any atom is -0.481 e. The first-order valence-corrected chi connectivity index (χ1v) is 5.43. The number of carbonyl (C=O) groups excluding carboxylic acids is 1. The van der Waals surface area contributed by atoms with Crippen LogP contribution < -0.4 is 5.32 Å². The fraction of sp³-hybridized carbons (Fsp3) is 0.818. The molecule has 0 aliphatic carbocycles. The van der Waals surface area contributed by atoms with Crippen molar-refractivity contribution in [3.05, 3.63) is 0 Å². The molecule has 2 amide bonds. The molecule has 0 saturated carbocycles. The second kappa shape index (κ2) is 6.35. The molecule has 0 aromatic heterocycles. The zero-order chi connectivity index (χ0) is 12.8. The summed E-state index contributed by atoms with van der Waals surface area (Å²) in [5.74, 6) is -0.830. The first-order chi connectivity index (χ1) is 7.22. The molecule has 0 heterocycles. The first-order valence-electron chi connectivity index (χ1n) is 5.43. The van der Waals surface area contributed by atoms with Crippen LogP contribution in [0.5, 0.6) is 0 Å². The standard InChI is InChI=1S/C11H22N2O3/c1-11(2,3)8-12-10(16)13(4)7-5-6-9(14)15/h5-8H2,1-4H3,(H,12,16)(H,14,15). The van der Waals surface area contributed by atoms with Gasteiger partial charge in [-0.05, 0) is 11.8 Å². The molecule has 0 aliphatic rings. The molecule has 0 fully saturated rings. The summed E-state index contributed by atoms with van der Waals surface area (Å²) in [5.41, 5.74) is 0.0531. The van der Waals surface area contributed by atoms with E-state index in [1.807, 2.05) is 20.8 Å². The predicted molar refractivity (Wildman–Crippen MR) is 62.4 cm³/mol. The number of carbonyl (C=O) groups is 2. The quantitative estimate of drug-likeness (QED) is 0.752. The fourth-order valence-electron chi connectivity index (χ4n) is 1.04. The number of carboxylic acid groups (broad SMARTS) is 1. The van der Waals surface area contributed by atoms with Crippen LogP contribution in [0.4, 0.5) is 4.79 Å². The highest BCUT2D eigenvalue weighted by atomic mass is 16.4. The van der Waals surface area contributed by atoms with Gasteiger partial charge in [-0.2, -0.15) is 0 Å². The SMILES string of the molecule is CN(CCCC(=O)O)C(=O)NCC(C)(C)C. The van der Waals surface area contributed by atoms with E-state index in [4.69, 9.17) is 5.11 Å². The van der Waals surface area contributed by atoms with Crippen LogP contribution in [0.2, 0.25) is 0 Å². The van der Waals surface area contributed by atoms with Crippen LogP contribution in [0, 0.1) is 5.41 Å². The highest BCUT2D eigenvalue weighted by Gasteiger charge is 2.14. The average molecular weight is 230 g/mol. The third-order valence-corrected chi connectivity index (χ3v) is 2.00. The van der Waals surface area contributed by atoms with Gasteiger partial charge in [0.25, 0.3) is 0 Å². The molecular weight excluding hydrogens is 208 g/mol. The summed E-state index contributed by atoms with van der Waals surface area (Å²) in [5, 5.41) is 11.3. The van der Waals surface area contributed by atoms with E-state index >= 15 is 0 Å². The summed E-state index contributed by atoms with van der Waals surface area (Å²) in [6.07, 6.45) is 0.575. The molecule has 0 rings (SSSR count). The molecule has 0 atom stereocenters. The van der Waals surface area contributed by atoms with E-state index in [0.29, 0.717) is 19.5 Å². The average Bonchev–Trinajstić information content (AvgIpc) is 2.12. The normalized spacial score (nSPS) is 11.0. The summed E-state index contributed by atoms with van der Waals surface area (Å²) in [6.45, 7) is 7.19. The smallest absolute Gasteiger partial charge is 0.317 e. The largest absolute Gasteiger partial charge is 0.481 e. The molecule has 2 N–H and O–H groups in total. The molecule has 5 nitrogen and oxygen atoms in total. The Kier molecular flexibility index (Phi) is 5.85. The van der Waals surface area contributed by atoms with Crippen LogP contribution >= 0.6 is 0 Å². The first kappa shape index (κ1) is 14.7. The molecule has 0 spiro atoms. The molecule has 0 aliphatic heterocycles. The van der Waals surface area contributed by atoms with Gasteiger partial charge in [0.2, 0.25) is 0 Å². The van der Waals surface area contributed by atoms with Gasteiger partial charge < -0.3 is 15.3 Å². The Labute approximate surface area is 96.8 Å². The maximum atomic E-state index is 11.5. The number of carboxylic acids is 1. The second-order valence-electron chi connectivity index (χ2n) is 5.14. The van der Waals surface area contributed by atoms with Gasteiger partial charge >= 0.3 is 12.0 Å². The van der Waals surface area contributed by atoms with Gasteiger partial charge in [-0.1, -0.05) is 20.8 Å². The molecule has 0 radical (unpaired) electrons. The predicted octanol–water partition coefficient (Wildman–Crippen LogP) is 1.54. The molecule has 16 heavy (non-hydrogen) atoms. The Morgan fingerprint density at radius 1 is 1.31 bits per heavy atom. The van der Waals surface area contributed by atoms with E-state index in [-0.39, 0.29) is 17.9 Å². The van der Waals surface area contributed by atoms with Crippen molar-refractivity contribution in [2.24, 2.45) is 5.41 Å². The van der Waals surface area contributed by atoms with Crippen LogP contribution in [0.15, 0.2) is 0 Å². The summed E-state index contributed by atoms with van der Waals surface area (Å²) >= 11 is 0. The van der Waals surface area contributed by atoms with Crippen LogP contribution in [0.1, 0.15) is 33.6 Å². The number of urea groups is 1. The number of hydrogen-bond acceptors (Lipinski definition) is 2. The van der Waals surface area contributed by atoms with Gasteiger partial charge in [0.15, 0.2) is 0 Å². The third-order valence-electron chi connectivity index (χ3n) is 2.00. The van der Waals surface area contributed by atoms with Gasteiger partial charge in [0.05, 0.1) is 0 Å². The van der Waals surface area contributed by atoms with Crippen molar-refractivity contribution in [3.63, 3.8) is 0 Å². The van der Waals surface area contributed by atoms with Crippen LogP contribution in [-0.4, -0.2) is 42.1 Å². The van der Waals surface area contributed by atoms with Gasteiger partial charge in [-0.3, -0.25) is 4.79 Å². The zero-order valence-corrected chi connectivity index (χ0v) is 10.5. The highest BCUT2D eigenvalue weighted by Crippen LogP contribution is 2.10. The van der Waals surface area contributed by atoms with E-state index in [1.54, 1.807) is 7.05 Å². The van der Waals surface area contributed by atoms with Gasteiger partial charge in [-0.25, -0.2) is 4.79 Å². The molecule has 0 bridgehead atoms. The zero-order valence-electron chi connectivity index (χ0n) is 10.5. The maximum absolute atomic E-state index is 11.5. The van der Waals surface area contributed by atoms with Crippen molar-refractivity contribution < 1.29 is 14.7 Å². The van der Waals surface area contributed by atoms with Crippen LogP contribution in [0.25, 0.3) is 0 Å². The van der Waals surface area contributed by atoms with Crippen LogP contribution in [0.3, 0.4) is 0 Å². The summed E-state index contributed by atoms with van der Waals surface area (Å²) < 4.78 is 0. The summed E-state index contributed by atoms with van der Waals surface area (Å²) in [4.78, 5) is 23.3. The molecular formula is C11H22N2O3.